The number of unbranched alkanes of at least 4 members (excludes halogenated alkanes) is 2. The fraction of sp³-hybridized carbons (Fsp3) is 0.500. The van der Waals surface area contributed by atoms with Gasteiger partial charge in [0.2, 0.25) is 0 Å². The molecular weight excluding hydrogens is 363 g/mol. The molecule has 0 fully saturated rings. The standard InChI is InChI=1S/C12H17IN2O2S/c1-18-8-4-2-3-7-14-12-6-5-10(15(16)17)9-11(12)13/h5-6,9,14H,2-4,7-8H2,1H3. The van der Waals surface area contributed by atoms with Gasteiger partial charge in [-0.3, -0.25) is 10.1 Å². The van der Waals surface area contributed by atoms with Crippen molar-refractivity contribution in [3.05, 3.63) is 31.9 Å². The highest BCUT2D eigenvalue weighted by Gasteiger charge is 2.08. The largest absolute Gasteiger partial charge is 0.384 e. The molecule has 0 radical (unpaired) electrons. The fourth-order valence-corrected chi connectivity index (χ4v) is 2.71. The van der Waals surface area contributed by atoms with Gasteiger partial charge in [0.1, 0.15) is 0 Å². The number of rotatable bonds is 8. The van der Waals surface area contributed by atoms with Crippen molar-refractivity contribution in [2.45, 2.75) is 19.3 Å². The van der Waals surface area contributed by atoms with Gasteiger partial charge in [0.15, 0.2) is 0 Å². The van der Waals surface area contributed by atoms with E-state index < -0.39 is 0 Å². The predicted octanol–water partition coefficient (Wildman–Crippen LogP) is 4.14. The van der Waals surface area contributed by atoms with Gasteiger partial charge in [0, 0.05) is 27.9 Å². The average Bonchev–Trinajstić information content (AvgIpc) is 2.35. The number of benzene rings is 1. The molecule has 0 aromatic heterocycles. The first kappa shape index (κ1) is 15.6. The zero-order valence-corrected chi connectivity index (χ0v) is 13.3. The molecular formula is C12H17IN2O2S. The molecule has 0 aliphatic carbocycles. The summed E-state index contributed by atoms with van der Waals surface area (Å²) >= 11 is 4.00. The Morgan fingerprint density at radius 1 is 1.39 bits per heavy atom. The minimum atomic E-state index is -0.367. The Morgan fingerprint density at radius 3 is 2.78 bits per heavy atom. The van der Waals surface area contributed by atoms with Crippen LogP contribution in [0.3, 0.4) is 0 Å². The molecule has 0 atom stereocenters. The summed E-state index contributed by atoms with van der Waals surface area (Å²) in [4.78, 5) is 10.2. The van der Waals surface area contributed by atoms with Crippen LogP contribution in [0.25, 0.3) is 0 Å². The van der Waals surface area contributed by atoms with Crippen LogP contribution >= 0.6 is 34.4 Å². The number of nitro benzene ring substituents is 1. The second kappa shape index (κ2) is 8.58. The lowest BCUT2D eigenvalue weighted by molar-refractivity contribution is -0.384. The molecule has 0 saturated carbocycles. The Bertz CT molecular complexity index is 402. The second-order valence-corrected chi connectivity index (χ2v) is 6.05. The maximum absolute atomic E-state index is 10.6. The quantitative estimate of drug-likeness (QED) is 0.319. The highest BCUT2D eigenvalue weighted by molar-refractivity contribution is 14.1. The van der Waals surface area contributed by atoms with Crippen LogP contribution in [0.2, 0.25) is 0 Å². The lowest BCUT2D eigenvalue weighted by atomic mass is 10.2. The average molecular weight is 380 g/mol. The molecule has 0 unspecified atom stereocenters. The number of non-ortho nitro benzene ring substituents is 1. The van der Waals surface area contributed by atoms with Crippen LogP contribution in [0.5, 0.6) is 0 Å². The molecule has 0 aliphatic heterocycles. The van der Waals surface area contributed by atoms with Gasteiger partial charge in [-0.25, -0.2) is 0 Å². The molecule has 0 amide bonds. The van der Waals surface area contributed by atoms with Gasteiger partial charge in [-0.2, -0.15) is 11.8 Å². The third-order valence-electron chi connectivity index (χ3n) is 2.50. The van der Waals surface area contributed by atoms with Gasteiger partial charge >= 0.3 is 0 Å². The number of halogens is 1. The highest BCUT2D eigenvalue weighted by atomic mass is 127. The Labute approximate surface area is 125 Å². The van der Waals surface area contributed by atoms with E-state index in [4.69, 9.17) is 0 Å². The molecule has 1 N–H and O–H groups in total. The van der Waals surface area contributed by atoms with E-state index in [1.807, 2.05) is 11.8 Å². The van der Waals surface area contributed by atoms with E-state index in [1.165, 1.54) is 24.7 Å². The molecule has 0 saturated heterocycles. The summed E-state index contributed by atoms with van der Waals surface area (Å²) in [5, 5.41) is 13.9. The normalized spacial score (nSPS) is 10.3. The summed E-state index contributed by atoms with van der Waals surface area (Å²) in [5.41, 5.74) is 1.12. The lowest BCUT2D eigenvalue weighted by Gasteiger charge is -2.08. The Hall–Kier alpha value is -0.500. The SMILES string of the molecule is CSCCCCCNc1ccc([N+](=O)[O-])cc1I. The minimum Gasteiger partial charge on any atom is -0.384 e. The van der Waals surface area contributed by atoms with E-state index >= 15 is 0 Å². The van der Waals surface area contributed by atoms with Crippen molar-refractivity contribution in [3.63, 3.8) is 0 Å². The van der Waals surface area contributed by atoms with E-state index in [2.05, 4.69) is 34.2 Å². The van der Waals surface area contributed by atoms with Gasteiger partial charge < -0.3 is 5.32 Å². The summed E-state index contributed by atoms with van der Waals surface area (Å²) in [6.45, 7) is 0.919. The number of anilines is 1. The molecule has 0 heterocycles. The van der Waals surface area contributed by atoms with Crippen molar-refractivity contribution >= 4 is 45.7 Å². The Kier molecular flexibility index (Phi) is 7.41. The molecule has 0 spiro atoms. The molecule has 1 aromatic carbocycles. The Balaban J connectivity index is 2.36. The molecule has 6 heteroatoms. The molecule has 4 nitrogen and oxygen atoms in total. The summed E-state index contributed by atoms with van der Waals surface area (Å²) < 4.78 is 0.894. The topological polar surface area (TPSA) is 55.2 Å². The number of hydrogen-bond acceptors (Lipinski definition) is 4. The summed E-state index contributed by atoms with van der Waals surface area (Å²) in [6.07, 6.45) is 5.72. The fourth-order valence-electron chi connectivity index (χ4n) is 1.53. The maximum atomic E-state index is 10.6. The molecule has 1 aromatic rings. The van der Waals surface area contributed by atoms with Crippen LogP contribution in [0.15, 0.2) is 18.2 Å². The van der Waals surface area contributed by atoms with Gasteiger partial charge in [-0.05, 0) is 53.5 Å². The molecule has 100 valence electrons. The molecule has 0 bridgehead atoms. The third-order valence-corrected chi connectivity index (χ3v) is 4.09. The van der Waals surface area contributed by atoms with Crippen molar-refractivity contribution < 1.29 is 4.92 Å². The van der Waals surface area contributed by atoms with Crippen molar-refractivity contribution in [2.75, 3.05) is 23.9 Å². The van der Waals surface area contributed by atoms with Crippen molar-refractivity contribution in [3.8, 4) is 0 Å². The first-order valence-electron chi connectivity index (χ1n) is 5.82. The third kappa shape index (κ3) is 5.43. The van der Waals surface area contributed by atoms with Crippen LogP contribution in [0.1, 0.15) is 19.3 Å². The summed E-state index contributed by atoms with van der Waals surface area (Å²) in [7, 11) is 0. The highest BCUT2D eigenvalue weighted by Crippen LogP contribution is 2.23. The first-order valence-corrected chi connectivity index (χ1v) is 8.29. The van der Waals surface area contributed by atoms with Crippen LogP contribution in [0, 0.1) is 13.7 Å². The van der Waals surface area contributed by atoms with E-state index in [9.17, 15) is 10.1 Å². The van der Waals surface area contributed by atoms with Crippen LogP contribution in [-0.4, -0.2) is 23.5 Å². The summed E-state index contributed by atoms with van der Waals surface area (Å²) in [6, 6.07) is 4.91. The number of nitrogens with one attached hydrogen (secondary N) is 1. The van der Waals surface area contributed by atoms with E-state index in [0.29, 0.717) is 0 Å². The lowest BCUT2D eigenvalue weighted by Crippen LogP contribution is -2.03. The number of nitrogens with zero attached hydrogens (tertiary/aromatic N) is 1. The van der Waals surface area contributed by atoms with Gasteiger partial charge in [-0.15, -0.1) is 0 Å². The Morgan fingerprint density at radius 2 is 2.17 bits per heavy atom. The second-order valence-electron chi connectivity index (χ2n) is 3.90. The van der Waals surface area contributed by atoms with Crippen molar-refractivity contribution in [2.24, 2.45) is 0 Å². The maximum Gasteiger partial charge on any atom is 0.270 e. The zero-order valence-electron chi connectivity index (χ0n) is 10.3. The van der Waals surface area contributed by atoms with E-state index in [0.717, 1.165) is 22.2 Å². The molecule has 18 heavy (non-hydrogen) atoms. The zero-order chi connectivity index (χ0) is 13.4. The van der Waals surface area contributed by atoms with Crippen molar-refractivity contribution in [1.29, 1.82) is 0 Å². The number of hydrogen-bond donors (Lipinski definition) is 1. The van der Waals surface area contributed by atoms with Gasteiger partial charge in [0.05, 0.1) is 4.92 Å². The molecule has 1 rings (SSSR count). The predicted molar refractivity (Wildman–Crippen MR) is 86.5 cm³/mol. The monoisotopic (exact) mass is 380 g/mol. The van der Waals surface area contributed by atoms with Crippen LogP contribution in [0.4, 0.5) is 11.4 Å². The number of nitro groups is 1. The van der Waals surface area contributed by atoms with E-state index in [-0.39, 0.29) is 10.6 Å². The molecule has 0 aliphatic rings. The summed E-state index contributed by atoms with van der Waals surface area (Å²) in [5.74, 6) is 1.22. The number of thioether (sulfide) groups is 1. The van der Waals surface area contributed by atoms with Crippen LogP contribution in [-0.2, 0) is 0 Å². The van der Waals surface area contributed by atoms with Crippen molar-refractivity contribution in [1.82, 2.24) is 0 Å². The smallest absolute Gasteiger partial charge is 0.270 e. The van der Waals surface area contributed by atoms with Gasteiger partial charge in [0.25, 0.3) is 5.69 Å². The van der Waals surface area contributed by atoms with Crippen LogP contribution < -0.4 is 5.32 Å². The van der Waals surface area contributed by atoms with Gasteiger partial charge in [-0.1, -0.05) is 6.42 Å². The van der Waals surface area contributed by atoms with E-state index in [1.54, 1.807) is 12.1 Å². The minimum absolute atomic E-state index is 0.143. The first-order chi connectivity index (χ1) is 8.65.